The van der Waals surface area contributed by atoms with E-state index >= 15 is 0 Å². The summed E-state index contributed by atoms with van der Waals surface area (Å²) in [6.45, 7) is 0.206. The molecule has 2 N–H and O–H groups in total. The number of carbonyl (C=O) groups is 1. The molecule has 0 radical (unpaired) electrons. The monoisotopic (exact) mass is 375 g/mol. The lowest BCUT2D eigenvalue weighted by Gasteiger charge is -2.07. The van der Waals surface area contributed by atoms with Gasteiger partial charge in [0.2, 0.25) is 15.9 Å². The Morgan fingerprint density at radius 1 is 1.19 bits per heavy atom. The molecule has 8 nitrogen and oxygen atoms in total. The van der Waals surface area contributed by atoms with Crippen molar-refractivity contribution in [3.63, 3.8) is 0 Å². The van der Waals surface area contributed by atoms with Gasteiger partial charge >= 0.3 is 0 Å². The van der Waals surface area contributed by atoms with Crippen molar-refractivity contribution in [3.05, 3.63) is 75.8 Å². The number of benzene rings is 2. The second kappa shape index (κ2) is 8.26. The van der Waals surface area contributed by atoms with E-state index in [0.29, 0.717) is 11.3 Å². The minimum Gasteiger partial charge on any atom is -0.348 e. The molecule has 0 saturated heterocycles. The number of nitro benzene ring substituents is 1. The number of nitro groups is 1. The Bertz CT molecular complexity index is 954. The third kappa shape index (κ3) is 6.36. The number of non-ortho nitro benzene ring substituents is 1. The molecule has 0 saturated carbocycles. The van der Waals surface area contributed by atoms with Gasteiger partial charge in [0.15, 0.2) is 0 Å². The lowest BCUT2D eigenvalue weighted by atomic mass is 10.2. The minimum atomic E-state index is -3.37. The fourth-order valence-corrected chi connectivity index (χ4v) is 2.68. The van der Waals surface area contributed by atoms with Crippen LogP contribution < -0.4 is 10.0 Å². The van der Waals surface area contributed by atoms with E-state index in [2.05, 4.69) is 10.0 Å². The largest absolute Gasteiger partial charge is 0.348 e. The maximum absolute atomic E-state index is 11.9. The predicted molar refractivity (Wildman–Crippen MR) is 98.9 cm³/mol. The van der Waals surface area contributed by atoms with Gasteiger partial charge in [0.05, 0.1) is 11.2 Å². The Balaban J connectivity index is 1.95. The Morgan fingerprint density at radius 3 is 2.62 bits per heavy atom. The molecule has 0 aromatic heterocycles. The summed E-state index contributed by atoms with van der Waals surface area (Å²) in [6.07, 6.45) is 3.81. The number of rotatable bonds is 7. The zero-order valence-corrected chi connectivity index (χ0v) is 14.7. The van der Waals surface area contributed by atoms with Crippen molar-refractivity contribution in [2.45, 2.75) is 6.54 Å². The van der Waals surface area contributed by atoms with Crippen LogP contribution in [0.1, 0.15) is 11.1 Å². The molecule has 9 heteroatoms. The fraction of sp³-hybridized carbons (Fsp3) is 0.118. The van der Waals surface area contributed by atoms with Crippen molar-refractivity contribution in [2.24, 2.45) is 0 Å². The number of carbonyl (C=O) groups excluding carboxylic acids is 1. The van der Waals surface area contributed by atoms with E-state index in [4.69, 9.17) is 0 Å². The van der Waals surface area contributed by atoms with Gasteiger partial charge < -0.3 is 5.32 Å². The molecule has 0 aliphatic rings. The number of hydrogen-bond donors (Lipinski definition) is 2. The molecule has 2 aromatic carbocycles. The highest BCUT2D eigenvalue weighted by Gasteiger charge is 2.05. The van der Waals surface area contributed by atoms with E-state index in [-0.39, 0.29) is 18.1 Å². The summed E-state index contributed by atoms with van der Waals surface area (Å²) in [7, 11) is -3.37. The number of sulfonamides is 1. The van der Waals surface area contributed by atoms with Crippen LogP contribution >= 0.6 is 0 Å². The van der Waals surface area contributed by atoms with E-state index in [0.717, 1.165) is 11.8 Å². The Labute approximate surface area is 150 Å². The maximum Gasteiger partial charge on any atom is 0.270 e. The zero-order chi connectivity index (χ0) is 19.2. The number of nitrogens with one attached hydrogen (secondary N) is 2. The smallest absolute Gasteiger partial charge is 0.270 e. The van der Waals surface area contributed by atoms with Crippen molar-refractivity contribution < 1.29 is 18.1 Å². The normalized spacial score (nSPS) is 11.3. The molecule has 136 valence electrons. The van der Waals surface area contributed by atoms with Gasteiger partial charge in [-0.25, -0.2) is 8.42 Å². The van der Waals surface area contributed by atoms with Crippen molar-refractivity contribution in [1.82, 2.24) is 5.32 Å². The first-order valence-electron chi connectivity index (χ1n) is 7.50. The molecule has 2 rings (SSSR count). The van der Waals surface area contributed by atoms with Gasteiger partial charge in [-0.3, -0.25) is 19.6 Å². The molecular weight excluding hydrogens is 358 g/mol. The highest BCUT2D eigenvalue weighted by Crippen LogP contribution is 2.14. The average molecular weight is 375 g/mol. The van der Waals surface area contributed by atoms with Gasteiger partial charge in [0.25, 0.3) is 5.69 Å². The molecule has 0 spiro atoms. The standard InChI is InChI=1S/C17H17N3O5S/c1-26(24,25)19-15-6-2-5-14(10-15)12-18-17(21)9-8-13-4-3-7-16(11-13)20(22)23/h2-11,19H,12H2,1H3,(H,18,21)/b9-8+. The molecule has 1 amide bonds. The summed E-state index contributed by atoms with van der Waals surface area (Å²) in [4.78, 5) is 22.1. The Morgan fingerprint density at radius 2 is 1.92 bits per heavy atom. The first kappa shape index (κ1) is 19.1. The van der Waals surface area contributed by atoms with Crippen LogP contribution in [0.3, 0.4) is 0 Å². The van der Waals surface area contributed by atoms with Crippen LogP contribution in [0.15, 0.2) is 54.6 Å². The SMILES string of the molecule is CS(=O)(=O)Nc1cccc(CNC(=O)/C=C/c2cccc([N+](=O)[O-])c2)c1. The zero-order valence-electron chi connectivity index (χ0n) is 13.9. The van der Waals surface area contributed by atoms with E-state index in [9.17, 15) is 23.3 Å². The summed E-state index contributed by atoms with van der Waals surface area (Å²) in [5.74, 6) is -0.377. The molecular formula is C17H17N3O5S. The topological polar surface area (TPSA) is 118 Å². The number of amides is 1. The molecule has 2 aromatic rings. The van der Waals surface area contributed by atoms with E-state index in [1.54, 1.807) is 30.3 Å². The molecule has 0 aliphatic heterocycles. The Hall–Kier alpha value is -3.20. The van der Waals surface area contributed by atoms with Gasteiger partial charge in [-0.1, -0.05) is 24.3 Å². The lowest BCUT2D eigenvalue weighted by Crippen LogP contribution is -2.20. The van der Waals surface area contributed by atoms with Crippen LogP contribution in [0.5, 0.6) is 0 Å². The molecule has 0 atom stereocenters. The van der Waals surface area contributed by atoms with Crippen molar-refractivity contribution in [2.75, 3.05) is 11.0 Å². The van der Waals surface area contributed by atoms with Crippen LogP contribution in [0.4, 0.5) is 11.4 Å². The van der Waals surface area contributed by atoms with E-state index in [1.165, 1.54) is 30.4 Å². The second-order valence-corrected chi connectivity index (χ2v) is 7.23. The molecule has 26 heavy (non-hydrogen) atoms. The molecule has 0 bridgehead atoms. The first-order valence-corrected chi connectivity index (χ1v) is 9.39. The second-order valence-electron chi connectivity index (χ2n) is 5.48. The highest BCUT2D eigenvalue weighted by atomic mass is 32.2. The molecule has 0 aliphatic carbocycles. The van der Waals surface area contributed by atoms with Gasteiger partial charge in [-0.05, 0) is 29.3 Å². The number of anilines is 1. The molecule has 0 unspecified atom stereocenters. The number of nitrogens with zero attached hydrogens (tertiary/aromatic N) is 1. The van der Waals surface area contributed by atoms with Crippen LogP contribution in [-0.4, -0.2) is 25.5 Å². The van der Waals surface area contributed by atoms with Crippen LogP contribution in [0, 0.1) is 10.1 Å². The molecule has 0 fully saturated rings. The highest BCUT2D eigenvalue weighted by molar-refractivity contribution is 7.92. The summed E-state index contributed by atoms with van der Waals surface area (Å²) < 4.78 is 24.8. The van der Waals surface area contributed by atoms with Crippen LogP contribution in [0.25, 0.3) is 6.08 Å². The third-order valence-electron chi connectivity index (χ3n) is 3.21. The summed E-state index contributed by atoms with van der Waals surface area (Å²) >= 11 is 0. The minimum absolute atomic E-state index is 0.0530. The number of hydrogen-bond acceptors (Lipinski definition) is 5. The van der Waals surface area contributed by atoms with Gasteiger partial charge in [0, 0.05) is 30.4 Å². The van der Waals surface area contributed by atoms with Gasteiger partial charge in [-0.2, -0.15) is 0 Å². The quantitative estimate of drug-likeness (QED) is 0.437. The summed E-state index contributed by atoms with van der Waals surface area (Å²) in [5, 5.41) is 13.4. The van der Waals surface area contributed by atoms with Crippen molar-refractivity contribution >= 4 is 33.4 Å². The van der Waals surface area contributed by atoms with E-state index in [1.807, 2.05) is 0 Å². The van der Waals surface area contributed by atoms with Crippen LogP contribution in [-0.2, 0) is 21.4 Å². The fourth-order valence-electron chi connectivity index (χ4n) is 2.12. The van der Waals surface area contributed by atoms with Crippen molar-refractivity contribution in [1.29, 1.82) is 0 Å². The van der Waals surface area contributed by atoms with Gasteiger partial charge in [0.1, 0.15) is 0 Å². The van der Waals surface area contributed by atoms with Gasteiger partial charge in [-0.15, -0.1) is 0 Å². The predicted octanol–water partition coefficient (Wildman–Crippen LogP) is 2.30. The average Bonchev–Trinajstić information content (AvgIpc) is 2.57. The third-order valence-corrected chi connectivity index (χ3v) is 3.81. The lowest BCUT2D eigenvalue weighted by molar-refractivity contribution is -0.384. The maximum atomic E-state index is 11.9. The van der Waals surface area contributed by atoms with E-state index < -0.39 is 14.9 Å². The van der Waals surface area contributed by atoms with Crippen molar-refractivity contribution in [3.8, 4) is 0 Å². The first-order chi connectivity index (χ1) is 12.2. The van der Waals surface area contributed by atoms with Crippen LogP contribution in [0.2, 0.25) is 0 Å². The Kier molecular flexibility index (Phi) is 6.07. The molecule has 0 heterocycles. The summed E-state index contributed by atoms with van der Waals surface area (Å²) in [5.41, 5.74) is 1.61. The summed E-state index contributed by atoms with van der Waals surface area (Å²) in [6, 6.07) is 12.6.